The third kappa shape index (κ3) is 4.51. The fourth-order valence-corrected chi connectivity index (χ4v) is 3.96. The van der Waals surface area contributed by atoms with Crippen molar-refractivity contribution in [2.24, 2.45) is 0 Å². The molecule has 0 fully saturated rings. The molecule has 2 heterocycles. The average molecular weight is 431 g/mol. The lowest BCUT2D eigenvalue weighted by molar-refractivity contribution is -0.137. The molecular weight excluding hydrogens is 415 g/mol. The van der Waals surface area contributed by atoms with Crippen molar-refractivity contribution in [1.29, 1.82) is 0 Å². The third-order valence-corrected chi connectivity index (χ3v) is 5.58. The van der Waals surface area contributed by atoms with Gasteiger partial charge in [0.2, 0.25) is 11.8 Å². The summed E-state index contributed by atoms with van der Waals surface area (Å²) in [6.45, 7) is 0.220. The van der Waals surface area contributed by atoms with Gasteiger partial charge in [0.15, 0.2) is 0 Å². The first-order chi connectivity index (χ1) is 14.3. The van der Waals surface area contributed by atoms with E-state index in [2.05, 4.69) is 15.6 Å². The van der Waals surface area contributed by atoms with Crippen molar-refractivity contribution in [2.75, 3.05) is 5.32 Å². The molecule has 9 heteroatoms. The number of halogens is 3. The number of hydrogen-bond acceptors (Lipinski definition) is 4. The number of hydrogen-bond donors (Lipinski definition) is 2. The van der Waals surface area contributed by atoms with Crippen LogP contribution in [0.1, 0.15) is 22.4 Å². The topological polar surface area (TPSA) is 71.1 Å². The van der Waals surface area contributed by atoms with E-state index < -0.39 is 11.7 Å². The number of anilines is 1. The highest BCUT2D eigenvalue weighted by Crippen LogP contribution is 2.31. The Morgan fingerprint density at radius 2 is 1.93 bits per heavy atom. The Morgan fingerprint density at radius 1 is 1.17 bits per heavy atom. The highest BCUT2D eigenvalue weighted by Gasteiger charge is 2.30. The Morgan fingerprint density at radius 3 is 2.67 bits per heavy atom. The maximum Gasteiger partial charge on any atom is 0.416 e. The summed E-state index contributed by atoms with van der Waals surface area (Å²) in [6, 6.07) is 10.3. The van der Waals surface area contributed by atoms with Crippen LogP contribution in [0.15, 0.2) is 47.8 Å². The first kappa shape index (κ1) is 20.1. The second-order valence-electron chi connectivity index (χ2n) is 6.89. The van der Waals surface area contributed by atoms with Gasteiger partial charge in [-0.3, -0.25) is 9.59 Å². The number of amides is 2. The number of fused-ring (bicyclic) bond motifs is 1. The zero-order valence-corrected chi connectivity index (χ0v) is 16.4. The molecule has 0 aliphatic carbocycles. The second-order valence-corrected chi connectivity index (χ2v) is 7.75. The largest absolute Gasteiger partial charge is 0.416 e. The van der Waals surface area contributed by atoms with Crippen molar-refractivity contribution in [3.05, 3.63) is 70.2 Å². The molecule has 4 rings (SSSR count). The standard InChI is InChI=1S/C21H16F3N3O2S/c22-21(23,24)15-5-3-13(4-6-15)20-26-16(11-30-20)10-25-18(28)8-12-1-2-14-9-19(29)27-17(14)7-12/h1-7,11H,8-10H2,(H,25,28)(H,27,29). The predicted molar refractivity (Wildman–Crippen MR) is 107 cm³/mol. The van der Waals surface area contributed by atoms with Gasteiger partial charge >= 0.3 is 6.18 Å². The minimum atomic E-state index is -4.37. The van der Waals surface area contributed by atoms with Crippen LogP contribution in [0.4, 0.5) is 18.9 Å². The lowest BCUT2D eigenvalue weighted by atomic mass is 10.1. The zero-order chi connectivity index (χ0) is 21.3. The Bertz CT molecular complexity index is 1110. The van der Waals surface area contributed by atoms with Crippen LogP contribution in [0.3, 0.4) is 0 Å². The molecule has 0 saturated carbocycles. The van der Waals surface area contributed by atoms with E-state index in [1.54, 1.807) is 11.4 Å². The third-order valence-electron chi connectivity index (χ3n) is 4.64. The van der Waals surface area contributed by atoms with Crippen molar-refractivity contribution >= 4 is 28.8 Å². The summed E-state index contributed by atoms with van der Waals surface area (Å²) in [5, 5.41) is 7.89. The van der Waals surface area contributed by atoms with Gasteiger partial charge in [0.05, 0.1) is 30.6 Å². The summed E-state index contributed by atoms with van der Waals surface area (Å²) in [5.41, 5.74) is 2.96. The van der Waals surface area contributed by atoms with Gasteiger partial charge < -0.3 is 10.6 Å². The van der Waals surface area contributed by atoms with E-state index in [0.717, 1.165) is 28.9 Å². The molecule has 0 unspecified atom stereocenters. The fraction of sp³-hybridized carbons (Fsp3) is 0.190. The average Bonchev–Trinajstić information content (AvgIpc) is 3.31. The Balaban J connectivity index is 1.34. The summed E-state index contributed by atoms with van der Waals surface area (Å²) >= 11 is 1.30. The van der Waals surface area contributed by atoms with Crippen LogP contribution in [0.25, 0.3) is 10.6 Å². The van der Waals surface area contributed by atoms with Gasteiger partial charge in [0.25, 0.3) is 0 Å². The molecule has 0 bridgehead atoms. The molecule has 5 nitrogen and oxygen atoms in total. The molecule has 30 heavy (non-hydrogen) atoms. The molecule has 0 radical (unpaired) electrons. The summed E-state index contributed by atoms with van der Waals surface area (Å²) in [6.07, 6.45) is -3.85. The summed E-state index contributed by atoms with van der Waals surface area (Å²) in [5.74, 6) is -0.248. The summed E-state index contributed by atoms with van der Waals surface area (Å²) in [4.78, 5) is 28.0. The number of alkyl halides is 3. The fourth-order valence-electron chi connectivity index (χ4n) is 3.13. The lowest BCUT2D eigenvalue weighted by Gasteiger charge is -2.06. The van der Waals surface area contributed by atoms with E-state index in [1.165, 1.54) is 23.5 Å². The second kappa shape index (κ2) is 7.91. The molecule has 0 spiro atoms. The number of rotatable bonds is 5. The van der Waals surface area contributed by atoms with Crippen molar-refractivity contribution in [2.45, 2.75) is 25.6 Å². The van der Waals surface area contributed by atoms with E-state index >= 15 is 0 Å². The number of thiazole rings is 1. The highest BCUT2D eigenvalue weighted by molar-refractivity contribution is 7.13. The van der Waals surface area contributed by atoms with Gasteiger partial charge in [-0.1, -0.05) is 24.3 Å². The monoisotopic (exact) mass is 431 g/mol. The first-order valence-electron chi connectivity index (χ1n) is 9.08. The van der Waals surface area contributed by atoms with Crippen molar-refractivity contribution in [3.8, 4) is 10.6 Å². The molecule has 154 valence electrons. The molecule has 0 saturated heterocycles. The molecule has 0 atom stereocenters. The molecule has 1 aliphatic heterocycles. The maximum absolute atomic E-state index is 12.7. The van der Waals surface area contributed by atoms with E-state index in [1.807, 2.05) is 12.1 Å². The molecular formula is C21H16F3N3O2S. The Labute approximate surface area is 174 Å². The van der Waals surface area contributed by atoms with Crippen LogP contribution in [-0.2, 0) is 35.2 Å². The van der Waals surface area contributed by atoms with Gasteiger partial charge in [0, 0.05) is 16.6 Å². The van der Waals surface area contributed by atoms with Crippen molar-refractivity contribution in [3.63, 3.8) is 0 Å². The van der Waals surface area contributed by atoms with Gasteiger partial charge in [0.1, 0.15) is 5.01 Å². The number of nitrogens with zero attached hydrogens (tertiary/aromatic N) is 1. The summed E-state index contributed by atoms with van der Waals surface area (Å²) < 4.78 is 38.0. The highest BCUT2D eigenvalue weighted by atomic mass is 32.1. The molecule has 2 aromatic carbocycles. The molecule has 2 amide bonds. The predicted octanol–water partition coefficient (Wildman–Crippen LogP) is 4.18. The molecule has 2 N–H and O–H groups in total. The van der Waals surface area contributed by atoms with Crippen LogP contribution in [0, 0.1) is 0 Å². The van der Waals surface area contributed by atoms with E-state index in [9.17, 15) is 22.8 Å². The van der Waals surface area contributed by atoms with Crippen molar-refractivity contribution < 1.29 is 22.8 Å². The van der Waals surface area contributed by atoms with Crippen LogP contribution < -0.4 is 10.6 Å². The SMILES string of the molecule is O=C(Cc1ccc2c(c1)NC(=O)C2)NCc1csc(-c2ccc(C(F)(F)F)cc2)n1. The lowest BCUT2D eigenvalue weighted by Crippen LogP contribution is -2.24. The van der Waals surface area contributed by atoms with Gasteiger partial charge in [-0.2, -0.15) is 13.2 Å². The quantitative estimate of drug-likeness (QED) is 0.637. The number of benzene rings is 2. The van der Waals surface area contributed by atoms with E-state index in [0.29, 0.717) is 22.7 Å². The van der Waals surface area contributed by atoms with E-state index in [-0.39, 0.29) is 24.8 Å². The maximum atomic E-state index is 12.7. The van der Waals surface area contributed by atoms with Gasteiger partial charge in [-0.05, 0) is 29.3 Å². The van der Waals surface area contributed by atoms with Gasteiger partial charge in [-0.15, -0.1) is 11.3 Å². The number of nitrogens with one attached hydrogen (secondary N) is 2. The minimum Gasteiger partial charge on any atom is -0.350 e. The number of carbonyl (C=O) groups excluding carboxylic acids is 2. The van der Waals surface area contributed by atoms with Crippen molar-refractivity contribution in [1.82, 2.24) is 10.3 Å². The molecule has 3 aromatic rings. The smallest absolute Gasteiger partial charge is 0.350 e. The zero-order valence-electron chi connectivity index (χ0n) is 15.5. The van der Waals surface area contributed by atoms with Crippen LogP contribution in [-0.4, -0.2) is 16.8 Å². The molecule has 1 aromatic heterocycles. The van der Waals surface area contributed by atoms with E-state index in [4.69, 9.17) is 0 Å². The van der Waals surface area contributed by atoms with Gasteiger partial charge in [-0.25, -0.2) is 4.98 Å². The van der Waals surface area contributed by atoms with Crippen LogP contribution in [0.2, 0.25) is 0 Å². The normalized spacial score (nSPS) is 13.1. The van der Waals surface area contributed by atoms with Crippen LogP contribution >= 0.6 is 11.3 Å². The molecule has 1 aliphatic rings. The Hall–Kier alpha value is -3.20. The number of carbonyl (C=O) groups is 2. The first-order valence-corrected chi connectivity index (χ1v) is 9.96. The summed E-state index contributed by atoms with van der Waals surface area (Å²) in [7, 11) is 0. The van der Waals surface area contributed by atoms with Crippen LogP contribution in [0.5, 0.6) is 0 Å². The number of aromatic nitrogens is 1. The minimum absolute atomic E-state index is 0.0565. The Kier molecular flexibility index (Phi) is 5.29.